The SMILES string of the molecule is CCCSc1ncc(Br)c(C(=O)O)n1. The minimum atomic E-state index is -1.04. The molecule has 6 heteroatoms. The Hall–Kier alpha value is -0.620. The summed E-state index contributed by atoms with van der Waals surface area (Å²) in [5, 5.41) is 9.29. The van der Waals surface area contributed by atoms with Crippen molar-refractivity contribution in [2.45, 2.75) is 18.5 Å². The molecule has 0 atom stereocenters. The number of hydrogen-bond donors (Lipinski definition) is 1. The topological polar surface area (TPSA) is 63.1 Å². The van der Waals surface area contributed by atoms with Gasteiger partial charge in [-0.05, 0) is 22.4 Å². The minimum absolute atomic E-state index is 0.0126. The molecule has 0 aliphatic heterocycles. The number of aromatic nitrogens is 2. The Kier molecular flexibility index (Phi) is 4.34. The Bertz CT molecular complexity index is 346. The zero-order chi connectivity index (χ0) is 10.6. The van der Waals surface area contributed by atoms with Crippen molar-refractivity contribution in [3.05, 3.63) is 16.4 Å². The third kappa shape index (κ3) is 2.95. The number of carboxylic acids is 1. The van der Waals surface area contributed by atoms with Crippen molar-refractivity contribution in [1.82, 2.24) is 9.97 Å². The molecule has 76 valence electrons. The fourth-order valence-electron chi connectivity index (χ4n) is 0.764. The summed E-state index contributed by atoms with van der Waals surface area (Å²) in [6, 6.07) is 0. The molecule has 1 aromatic rings. The summed E-state index contributed by atoms with van der Waals surface area (Å²) in [4.78, 5) is 18.6. The van der Waals surface area contributed by atoms with Crippen LogP contribution in [0.2, 0.25) is 0 Å². The van der Waals surface area contributed by atoms with Gasteiger partial charge in [0.15, 0.2) is 10.9 Å². The number of thioether (sulfide) groups is 1. The molecular weight excluding hydrogens is 268 g/mol. The highest BCUT2D eigenvalue weighted by atomic mass is 79.9. The summed E-state index contributed by atoms with van der Waals surface area (Å²) < 4.78 is 0.408. The van der Waals surface area contributed by atoms with E-state index in [4.69, 9.17) is 5.11 Å². The summed E-state index contributed by atoms with van der Waals surface area (Å²) in [6.07, 6.45) is 2.47. The summed E-state index contributed by atoms with van der Waals surface area (Å²) in [7, 11) is 0. The first-order valence-electron chi connectivity index (χ1n) is 4.03. The van der Waals surface area contributed by atoms with E-state index in [1.165, 1.54) is 18.0 Å². The highest BCUT2D eigenvalue weighted by Gasteiger charge is 2.11. The normalized spacial score (nSPS) is 10.1. The maximum Gasteiger partial charge on any atom is 0.355 e. The van der Waals surface area contributed by atoms with Gasteiger partial charge < -0.3 is 5.11 Å². The van der Waals surface area contributed by atoms with Crippen LogP contribution < -0.4 is 0 Å². The van der Waals surface area contributed by atoms with E-state index >= 15 is 0 Å². The quantitative estimate of drug-likeness (QED) is 0.676. The second-order valence-electron chi connectivity index (χ2n) is 2.50. The molecule has 0 saturated carbocycles. The van der Waals surface area contributed by atoms with E-state index in [-0.39, 0.29) is 5.69 Å². The van der Waals surface area contributed by atoms with Gasteiger partial charge in [0.1, 0.15) is 0 Å². The standard InChI is InChI=1S/C8H9BrN2O2S/c1-2-3-14-8-10-4-5(9)6(11-8)7(12)13/h4H,2-3H2,1H3,(H,12,13). The number of aromatic carboxylic acids is 1. The van der Waals surface area contributed by atoms with E-state index in [0.717, 1.165) is 12.2 Å². The van der Waals surface area contributed by atoms with Gasteiger partial charge in [0.25, 0.3) is 0 Å². The minimum Gasteiger partial charge on any atom is -0.476 e. The van der Waals surface area contributed by atoms with Crippen LogP contribution in [0.1, 0.15) is 23.8 Å². The second-order valence-corrected chi connectivity index (χ2v) is 4.42. The Labute approximate surface area is 94.3 Å². The van der Waals surface area contributed by atoms with Crippen molar-refractivity contribution in [2.24, 2.45) is 0 Å². The van der Waals surface area contributed by atoms with Crippen LogP contribution in [0.15, 0.2) is 15.8 Å². The molecule has 4 nitrogen and oxygen atoms in total. The van der Waals surface area contributed by atoms with Crippen molar-refractivity contribution in [3.63, 3.8) is 0 Å². The molecule has 1 rings (SSSR count). The number of carboxylic acid groups (broad SMARTS) is 1. The van der Waals surface area contributed by atoms with Crippen LogP contribution in [0.25, 0.3) is 0 Å². The van der Waals surface area contributed by atoms with Gasteiger partial charge in [0, 0.05) is 11.9 Å². The maximum atomic E-state index is 10.7. The molecule has 0 aromatic carbocycles. The van der Waals surface area contributed by atoms with Gasteiger partial charge in [-0.15, -0.1) is 0 Å². The van der Waals surface area contributed by atoms with E-state index in [1.807, 2.05) is 6.92 Å². The Morgan fingerprint density at radius 2 is 2.43 bits per heavy atom. The summed E-state index contributed by atoms with van der Waals surface area (Å²) >= 11 is 4.54. The van der Waals surface area contributed by atoms with Gasteiger partial charge in [-0.1, -0.05) is 18.7 Å². The highest BCUT2D eigenvalue weighted by Crippen LogP contribution is 2.19. The highest BCUT2D eigenvalue weighted by molar-refractivity contribution is 9.10. The number of rotatable bonds is 4. The van der Waals surface area contributed by atoms with Crippen molar-refractivity contribution in [2.75, 3.05) is 5.75 Å². The monoisotopic (exact) mass is 276 g/mol. The molecule has 0 radical (unpaired) electrons. The molecule has 0 bridgehead atoms. The molecule has 0 fully saturated rings. The van der Waals surface area contributed by atoms with Gasteiger partial charge in [0.05, 0.1) is 4.47 Å². The van der Waals surface area contributed by atoms with E-state index in [2.05, 4.69) is 25.9 Å². The molecule has 0 aliphatic carbocycles. The zero-order valence-electron chi connectivity index (χ0n) is 7.53. The lowest BCUT2D eigenvalue weighted by Gasteiger charge is -2.01. The number of hydrogen-bond acceptors (Lipinski definition) is 4. The molecule has 0 aliphatic rings. The van der Waals surface area contributed by atoms with E-state index in [0.29, 0.717) is 9.63 Å². The molecular formula is C8H9BrN2O2S. The Morgan fingerprint density at radius 3 is 3.00 bits per heavy atom. The van der Waals surface area contributed by atoms with Crippen LogP contribution in [-0.2, 0) is 0 Å². The first kappa shape index (κ1) is 11.5. The van der Waals surface area contributed by atoms with Gasteiger partial charge in [-0.2, -0.15) is 0 Å². The smallest absolute Gasteiger partial charge is 0.355 e. The van der Waals surface area contributed by atoms with E-state index in [1.54, 1.807) is 0 Å². The maximum absolute atomic E-state index is 10.7. The van der Waals surface area contributed by atoms with Crippen molar-refractivity contribution >= 4 is 33.7 Å². The van der Waals surface area contributed by atoms with Crippen LogP contribution >= 0.6 is 27.7 Å². The lowest BCUT2D eigenvalue weighted by Crippen LogP contribution is -2.03. The van der Waals surface area contributed by atoms with Gasteiger partial charge >= 0.3 is 5.97 Å². The Balaban J connectivity index is 2.89. The number of halogens is 1. The third-order valence-electron chi connectivity index (χ3n) is 1.36. The molecule has 1 heterocycles. The second kappa shape index (κ2) is 5.31. The van der Waals surface area contributed by atoms with Crippen LogP contribution in [-0.4, -0.2) is 26.8 Å². The summed E-state index contributed by atoms with van der Waals surface area (Å²) in [5.41, 5.74) is 0.0126. The van der Waals surface area contributed by atoms with Crippen molar-refractivity contribution in [1.29, 1.82) is 0 Å². The summed E-state index contributed by atoms with van der Waals surface area (Å²) in [6.45, 7) is 2.05. The number of carbonyl (C=O) groups is 1. The summed E-state index contributed by atoms with van der Waals surface area (Å²) in [5.74, 6) is -0.154. The van der Waals surface area contributed by atoms with Crippen molar-refractivity contribution in [3.8, 4) is 0 Å². The molecule has 14 heavy (non-hydrogen) atoms. The average Bonchev–Trinajstić information content (AvgIpc) is 2.16. The predicted molar refractivity (Wildman–Crippen MR) is 57.7 cm³/mol. The molecule has 0 amide bonds. The van der Waals surface area contributed by atoms with Crippen LogP contribution in [0.5, 0.6) is 0 Å². The van der Waals surface area contributed by atoms with Crippen LogP contribution in [0.4, 0.5) is 0 Å². The lowest BCUT2D eigenvalue weighted by atomic mass is 10.4. The lowest BCUT2D eigenvalue weighted by molar-refractivity contribution is 0.0688. The first-order chi connectivity index (χ1) is 6.65. The molecule has 1 N–H and O–H groups in total. The van der Waals surface area contributed by atoms with Gasteiger partial charge in [0.2, 0.25) is 0 Å². The fraction of sp³-hybridized carbons (Fsp3) is 0.375. The Morgan fingerprint density at radius 1 is 1.71 bits per heavy atom. The largest absolute Gasteiger partial charge is 0.476 e. The average molecular weight is 277 g/mol. The van der Waals surface area contributed by atoms with E-state index < -0.39 is 5.97 Å². The fourth-order valence-corrected chi connectivity index (χ4v) is 1.79. The van der Waals surface area contributed by atoms with E-state index in [9.17, 15) is 4.79 Å². The molecule has 0 saturated heterocycles. The van der Waals surface area contributed by atoms with Gasteiger partial charge in [-0.3, -0.25) is 0 Å². The van der Waals surface area contributed by atoms with Crippen molar-refractivity contribution < 1.29 is 9.90 Å². The number of nitrogens with zero attached hydrogens (tertiary/aromatic N) is 2. The molecule has 0 spiro atoms. The predicted octanol–water partition coefficient (Wildman–Crippen LogP) is 2.44. The van der Waals surface area contributed by atoms with Gasteiger partial charge in [-0.25, -0.2) is 14.8 Å². The third-order valence-corrected chi connectivity index (χ3v) is 3.01. The zero-order valence-corrected chi connectivity index (χ0v) is 9.93. The molecule has 1 aromatic heterocycles. The van der Waals surface area contributed by atoms with Crippen LogP contribution in [0.3, 0.4) is 0 Å². The molecule has 0 unspecified atom stereocenters. The first-order valence-corrected chi connectivity index (χ1v) is 5.81. The van der Waals surface area contributed by atoms with Crippen LogP contribution in [0, 0.1) is 0 Å².